The van der Waals surface area contributed by atoms with Gasteiger partial charge in [-0.2, -0.15) is 0 Å². The van der Waals surface area contributed by atoms with Crippen LogP contribution in [0.2, 0.25) is 0 Å². The van der Waals surface area contributed by atoms with Gasteiger partial charge in [-0.25, -0.2) is 0 Å². The van der Waals surface area contributed by atoms with Gasteiger partial charge in [-0.1, -0.05) is 60.8 Å². The second-order valence-electron chi connectivity index (χ2n) is 13.1. The molecule has 8 atom stereocenters. The van der Waals surface area contributed by atoms with E-state index in [9.17, 15) is 9.59 Å². The first-order valence-corrected chi connectivity index (χ1v) is 14.0. The lowest BCUT2D eigenvalue weighted by atomic mass is 9.71. The molecule has 0 aromatic heterocycles. The Morgan fingerprint density at radius 3 is 1.55 bits per heavy atom. The average Bonchev–Trinajstić information content (AvgIpc) is 3.35. The predicted octanol–water partition coefficient (Wildman–Crippen LogP) is 6.80. The number of esters is 2. The minimum Gasteiger partial charge on any atom is -0.461 e. The summed E-state index contributed by atoms with van der Waals surface area (Å²) in [5, 5.41) is 0. The Morgan fingerprint density at radius 2 is 1.18 bits per heavy atom. The molecular weight excluding hydrogens is 412 g/mol. The van der Waals surface area contributed by atoms with Crippen molar-refractivity contribution in [3.8, 4) is 0 Å². The van der Waals surface area contributed by atoms with Gasteiger partial charge in [0.1, 0.15) is 12.2 Å². The number of carbonyl (C=O) groups excluding carboxylic acids is 2. The van der Waals surface area contributed by atoms with Gasteiger partial charge in [-0.05, 0) is 92.3 Å². The van der Waals surface area contributed by atoms with Crippen molar-refractivity contribution in [3.05, 3.63) is 0 Å². The summed E-state index contributed by atoms with van der Waals surface area (Å²) in [6.45, 7) is 13.5. The van der Waals surface area contributed by atoms with E-state index in [2.05, 4.69) is 41.5 Å². The Kier molecular flexibility index (Phi) is 7.51. The second-order valence-corrected chi connectivity index (χ2v) is 13.1. The van der Waals surface area contributed by atoms with Crippen molar-refractivity contribution in [2.24, 2.45) is 52.8 Å². The van der Waals surface area contributed by atoms with Crippen LogP contribution in [0.1, 0.15) is 106 Å². The van der Waals surface area contributed by atoms with Crippen molar-refractivity contribution < 1.29 is 19.1 Å². The van der Waals surface area contributed by atoms with Gasteiger partial charge in [0.2, 0.25) is 0 Å². The Balaban J connectivity index is 1.55. The van der Waals surface area contributed by atoms with Crippen molar-refractivity contribution >= 4 is 11.9 Å². The highest BCUT2D eigenvalue weighted by molar-refractivity contribution is 6.01. The number of hydrogen-bond donors (Lipinski definition) is 0. The van der Waals surface area contributed by atoms with Gasteiger partial charge in [0.05, 0.1) is 0 Å². The monoisotopic (exact) mass is 460 g/mol. The normalized spacial score (nSPS) is 40.2. The molecule has 0 radical (unpaired) electrons. The van der Waals surface area contributed by atoms with Crippen molar-refractivity contribution in [1.82, 2.24) is 0 Å². The van der Waals surface area contributed by atoms with Crippen LogP contribution in [0.3, 0.4) is 0 Å². The molecular formula is C29H48O4. The summed E-state index contributed by atoms with van der Waals surface area (Å²) in [7, 11) is 0. The van der Waals surface area contributed by atoms with E-state index < -0.39 is 5.41 Å². The van der Waals surface area contributed by atoms with E-state index in [0.29, 0.717) is 47.8 Å². The van der Waals surface area contributed by atoms with E-state index >= 15 is 0 Å². The Morgan fingerprint density at radius 1 is 0.697 bits per heavy atom. The number of hydrogen-bond acceptors (Lipinski definition) is 4. The van der Waals surface area contributed by atoms with Crippen LogP contribution in [0.25, 0.3) is 0 Å². The van der Waals surface area contributed by atoms with Gasteiger partial charge >= 0.3 is 11.9 Å². The third-order valence-electron chi connectivity index (χ3n) is 10.0. The molecule has 33 heavy (non-hydrogen) atoms. The van der Waals surface area contributed by atoms with Crippen molar-refractivity contribution in [2.75, 3.05) is 0 Å². The molecule has 0 aromatic rings. The highest BCUT2D eigenvalue weighted by Gasteiger charge is 2.63. The summed E-state index contributed by atoms with van der Waals surface area (Å²) in [5.74, 6) is 2.92. The van der Waals surface area contributed by atoms with Crippen LogP contribution in [0.5, 0.6) is 0 Å². The summed E-state index contributed by atoms with van der Waals surface area (Å²) in [6.07, 6.45) is 10.0. The van der Waals surface area contributed by atoms with E-state index in [1.807, 2.05) is 0 Å². The number of carbonyl (C=O) groups is 2. The van der Waals surface area contributed by atoms with Crippen LogP contribution in [-0.2, 0) is 19.1 Å². The fourth-order valence-corrected chi connectivity index (χ4v) is 7.90. The second kappa shape index (κ2) is 9.90. The average molecular weight is 461 g/mol. The SMILES string of the molecule is CC(C)[C@@H]1CC[C@@H](C)C[C@H]1OC(=O)C1(C(=O)O[C@@H]2C[C@H](C)CC[C@H]2C(C)C)C[C@@H]2CC[C@H]1C2. The Hall–Kier alpha value is -1.06. The zero-order valence-electron chi connectivity index (χ0n) is 22.0. The molecule has 4 aliphatic carbocycles. The maximum absolute atomic E-state index is 13.9. The quantitative estimate of drug-likeness (QED) is 0.323. The number of rotatable bonds is 6. The first-order chi connectivity index (χ1) is 15.6. The standard InChI is InChI=1S/C29H48O4/c1-17(2)23-11-7-19(5)13-25(23)32-27(30)29(16-21-9-10-22(29)15-21)28(31)33-26-14-20(6)8-12-24(26)18(3)4/h17-26H,7-16H2,1-6H3/t19-,20-,21-,22+,23+,24+,25-,26-/m1/s1. The molecule has 4 nitrogen and oxygen atoms in total. The molecule has 188 valence electrons. The highest BCUT2D eigenvalue weighted by Crippen LogP contribution is 2.58. The zero-order valence-corrected chi connectivity index (χ0v) is 22.0. The number of fused-ring (bicyclic) bond motifs is 2. The molecule has 4 saturated carbocycles. The fourth-order valence-electron chi connectivity index (χ4n) is 7.90. The van der Waals surface area contributed by atoms with Gasteiger partial charge < -0.3 is 9.47 Å². The smallest absolute Gasteiger partial charge is 0.324 e. The van der Waals surface area contributed by atoms with E-state index in [1.54, 1.807) is 0 Å². The van der Waals surface area contributed by atoms with Crippen LogP contribution in [0.15, 0.2) is 0 Å². The summed E-state index contributed by atoms with van der Waals surface area (Å²) in [4.78, 5) is 27.9. The minimum absolute atomic E-state index is 0.0665. The summed E-state index contributed by atoms with van der Waals surface area (Å²) in [5.41, 5.74) is -1.06. The van der Waals surface area contributed by atoms with E-state index in [0.717, 1.165) is 44.9 Å². The maximum Gasteiger partial charge on any atom is 0.324 e. The molecule has 0 unspecified atom stereocenters. The van der Waals surface area contributed by atoms with E-state index in [1.165, 1.54) is 12.8 Å². The predicted molar refractivity (Wildman–Crippen MR) is 130 cm³/mol. The first-order valence-electron chi connectivity index (χ1n) is 14.0. The summed E-state index contributed by atoms with van der Waals surface area (Å²) in [6, 6.07) is 0. The molecule has 4 heteroatoms. The lowest BCUT2D eigenvalue weighted by Gasteiger charge is -2.42. The van der Waals surface area contributed by atoms with Crippen molar-refractivity contribution in [1.29, 1.82) is 0 Å². The Labute approximate surface area is 201 Å². The Bertz CT molecular complexity index is 666. The molecule has 0 spiro atoms. The van der Waals surface area contributed by atoms with Crippen LogP contribution < -0.4 is 0 Å². The molecule has 0 heterocycles. The highest BCUT2D eigenvalue weighted by atomic mass is 16.6. The minimum atomic E-state index is -1.06. The largest absolute Gasteiger partial charge is 0.461 e. The van der Waals surface area contributed by atoms with Gasteiger partial charge in [0, 0.05) is 0 Å². The molecule has 2 bridgehead atoms. The number of ether oxygens (including phenoxy) is 2. The summed E-state index contributed by atoms with van der Waals surface area (Å²) < 4.78 is 12.7. The molecule has 0 aliphatic heterocycles. The molecule has 4 aliphatic rings. The zero-order chi connectivity index (χ0) is 23.9. The van der Waals surface area contributed by atoms with E-state index in [-0.39, 0.29) is 30.1 Å². The molecule has 0 amide bonds. The van der Waals surface area contributed by atoms with Gasteiger partial charge in [0.25, 0.3) is 0 Å². The van der Waals surface area contributed by atoms with Gasteiger partial charge in [-0.15, -0.1) is 0 Å². The van der Waals surface area contributed by atoms with E-state index in [4.69, 9.17) is 9.47 Å². The molecule has 0 aromatic carbocycles. The molecule has 0 N–H and O–H groups in total. The van der Waals surface area contributed by atoms with Crippen molar-refractivity contribution in [2.45, 2.75) is 118 Å². The van der Waals surface area contributed by atoms with Crippen LogP contribution in [0, 0.1) is 52.8 Å². The van der Waals surface area contributed by atoms with Gasteiger partial charge in [0.15, 0.2) is 5.41 Å². The van der Waals surface area contributed by atoms with Crippen LogP contribution >= 0.6 is 0 Å². The fraction of sp³-hybridized carbons (Fsp3) is 0.931. The molecule has 0 saturated heterocycles. The van der Waals surface area contributed by atoms with Crippen LogP contribution in [-0.4, -0.2) is 24.1 Å². The third kappa shape index (κ3) is 4.87. The lowest BCUT2D eigenvalue weighted by Crippen LogP contribution is -2.50. The van der Waals surface area contributed by atoms with Gasteiger partial charge in [-0.3, -0.25) is 9.59 Å². The van der Waals surface area contributed by atoms with Crippen LogP contribution in [0.4, 0.5) is 0 Å². The topological polar surface area (TPSA) is 52.6 Å². The van der Waals surface area contributed by atoms with Crippen molar-refractivity contribution in [3.63, 3.8) is 0 Å². The molecule has 4 fully saturated rings. The third-order valence-corrected chi connectivity index (χ3v) is 10.0. The summed E-state index contributed by atoms with van der Waals surface area (Å²) >= 11 is 0. The molecule has 4 rings (SSSR count). The maximum atomic E-state index is 13.9. The lowest BCUT2D eigenvalue weighted by molar-refractivity contribution is -0.190. The first kappa shape index (κ1) is 25.0.